The molecule has 29 heavy (non-hydrogen) atoms. The number of carbonyl (C=O) groups excluding carboxylic acids is 2. The molecule has 152 valence electrons. The van der Waals surface area contributed by atoms with E-state index in [4.69, 9.17) is 0 Å². The van der Waals surface area contributed by atoms with E-state index in [9.17, 15) is 14.0 Å². The number of aryl methyl sites for hydroxylation is 2. The fourth-order valence-electron chi connectivity index (χ4n) is 3.34. The molecule has 2 amide bonds. The molecule has 1 saturated heterocycles. The lowest BCUT2D eigenvalue weighted by molar-refractivity contribution is -0.127. The number of rotatable bonds is 5. The van der Waals surface area contributed by atoms with Gasteiger partial charge in [-0.05, 0) is 55.3 Å². The summed E-state index contributed by atoms with van der Waals surface area (Å²) in [5, 5.41) is 2.76. The van der Waals surface area contributed by atoms with Crippen LogP contribution in [0.1, 0.15) is 16.7 Å². The van der Waals surface area contributed by atoms with Crippen molar-refractivity contribution >= 4 is 23.6 Å². The number of hydrogen-bond donors (Lipinski definition) is 1. The zero-order valence-corrected chi connectivity index (χ0v) is 16.8. The number of anilines is 1. The lowest BCUT2D eigenvalue weighted by Crippen LogP contribution is -2.50. The first-order chi connectivity index (χ1) is 13.9. The van der Waals surface area contributed by atoms with Gasteiger partial charge in [0.2, 0.25) is 11.8 Å². The quantitative estimate of drug-likeness (QED) is 0.791. The van der Waals surface area contributed by atoms with Gasteiger partial charge in [0, 0.05) is 37.9 Å². The van der Waals surface area contributed by atoms with Crippen LogP contribution in [0.15, 0.2) is 48.5 Å². The van der Waals surface area contributed by atoms with Crippen LogP contribution in [-0.2, 0) is 9.59 Å². The van der Waals surface area contributed by atoms with E-state index in [1.165, 1.54) is 29.8 Å². The number of carbonyl (C=O) groups is 2. The summed E-state index contributed by atoms with van der Waals surface area (Å²) in [6, 6.07) is 11.8. The van der Waals surface area contributed by atoms with Gasteiger partial charge in [-0.3, -0.25) is 14.5 Å². The Hall–Kier alpha value is -2.99. The van der Waals surface area contributed by atoms with Crippen molar-refractivity contribution in [2.24, 2.45) is 0 Å². The van der Waals surface area contributed by atoms with Crippen LogP contribution in [0, 0.1) is 19.7 Å². The molecular weight excluding hydrogens is 369 g/mol. The van der Waals surface area contributed by atoms with Gasteiger partial charge in [-0.1, -0.05) is 23.8 Å². The van der Waals surface area contributed by atoms with Crippen molar-refractivity contribution in [2.45, 2.75) is 13.8 Å². The van der Waals surface area contributed by atoms with Gasteiger partial charge in [-0.25, -0.2) is 4.39 Å². The predicted octanol–water partition coefficient (Wildman–Crippen LogP) is 3.24. The Morgan fingerprint density at radius 3 is 2.38 bits per heavy atom. The largest absolute Gasteiger partial charge is 0.337 e. The molecule has 0 radical (unpaired) electrons. The molecule has 2 aromatic carbocycles. The minimum atomic E-state index is -0.338. The summed E-state index contributed by atoms with van der Waals surface area (Å²) in [5.74, 6) is -0.498. The first-order valence-corrected chi connectivity index (χ1v) is 9.73. The van der Waals surface area contributed by atoms with E-state index < -0.39 is 0 Å². The Bertz CT molecular complexity index is 901. The van der Waals surface area contributed by atoms with E-state index in [0.717, 1.165) is 11.1 Å². The molecule has 0 aromatic heterocycles. The van der Waals surface area contributed by atoms with Crippen molar-refractivity contribution < 1.29 is 14.0 Å². The summed E-state index contributed by atoms with van der Waals surface area (Å²) in [7, 11) is 0. The average molecular weight is 395 g/mol. The molecule has 2 aromatic rings. The van der Waals surface area contributed by atoms with E-state index in [0.29, 0.717) is 31.9 Å². The summed E-state index contributed by atoms with van der Waals surface area (Å²) in [6.07, 6.45) is 3.48. The molecule has 1 N–H and O–H groups in total. The van der Waals surface area contributed by atoms with Crippen molar-refractivity contribution in [1.29, 1.82) is 0 Å². The SMILES string of the molecule is Cc1ccc(C=CC(=O)N2CCN(CC(=O)Nc3ccc(F)cc3)CC2)c(C)c1. The minimum Gasteiger partial charge on any atom is -0.337 e. The van der Waals surface area contributed by atoms with Crippen molar-refractivity contribution in [3.05, 3.63) is 71.0 Å². The second-order valence-electron chi connectivity index (χ2n) is 7.35. The maximum atomic E-state index is 12.9. The second-order valence-corrected chi connectivity index (χ2v) is 7.35. The van der Waals surface area contributed by atoms with Gasteiger partial charge in [0.15, 0.2) is 0 Å². The van der Waals surface area contributed by atoms with Crippen LogP contribution < -0.4 is 5.32 Å². The van der Waals surface area contributed by atoms with Crippen LogP contribution in [0.5, 0.6) is 0 Å². The van der Waals surface area contributed by atoms with Crippen LogP contribution in [0.4, 0.5) is 10.1 Å². The van der Waals surface area contributed by atoms with Gasteiger partial charge in [0.1, 0.15) is 5.82 Å². The third-order valence-corrected chi connectivity index (χ3v) is 5.01. The van der Waals surface area contributed by atoms with Gasteiger partial charge in [0.25, 0.3) is 0 Å². The van der Waals surface area contributed by atoms with E-state index in [1.807, 2.05) is 37.0 Å². The zero-order valence-electron chi connectivity index (χ0n) is 16.8. The lowest BCUT2D eigenvalue weighted by Gasteiger charge is -2.33. The highest BCUT2D eigenvalue weighted by Crippen LogP contribution is 2.13. The third-order valence-electron chi connectivity index (χ3n) is 5.01. The zero-order chi connectivity index (χ0) is 20.8. The van der Waals surface area contributed by atoms with E-state index in [-0.39, 0.29) is 24.2 Å². The normalized spacial score (nSPS) is 14.9. The van der Waals surface area contributed by atoms with E-state index >= 15 is 0 Å². The first kappa shape index (κ1) is 20.7. The number of halogens is 1. The molecule has 1 heterocycles. The number of hydrogen-bond acceptors (Lipinski definition) is 3. The van der Waals surface area contributed by atoms with Crippen LogP contribution in [0.3, 0.4) is 0 Å². The molecule has 1 aliphatic heterocycles. The molecule has 3 rings (SSSR count). The topological polar surface area (TPSA) is 52.7 Å². The number of nitrogens with one attached hydrogen (secondary N) is 1. The monoisotopic (exact) mass is 395 g/mol. The van der Waals surface area contributed by atoms with Crippen LogP contribution in [-0.4, -0.2) is 54.3 Å². The lowest BCUT2D eigenvalue weighted by atomic mass is 10.1. The Morgan fingerprint density at radius 1 is 1.03 bits per heavy atom. The molecule has 0 spiro atoms. The average Bonchev–Trinajstić information content (AvgIpc) is 2.69. The number of nitrogens with zero attached hydrogens (tertiary/aromatic N) is 2. The molecule has 0 unspecified atom stereocenters. The smallest absolute Gasteiger partial charge is 0.246 e. The molecule has 5 nitrogen and oxygen atoms in total. The summed E-state index contributed by atoms with van der Waals surface area (Å²) in [5.41, 5.74) is 3.96. The Balaban J connectivity index is 1.45. The summed E-state index contributed by atoms with van der Waals surface area (Å²) in [6.45, 7) is 6.77. The van der Waals surface area contributed by atoms with Crippen molar-refractivity contribution in [1.82, 2.24) is 9.80 Å². The van der Waals surface area contributed by atoms with Crippen LogP contribution in [0.25, 0.3) is 6.08 Å². The third kappa shape index (κ3) is 5.99. The highest BCUT2D eigenvalue weighted by molar-refractivity contribution is 5.93. The Morgan fingerprint density at radius 2 is 1.72 bits per heavy atom. The highest BCUT2D eigenvalue weighted by Gasteiger charge is 2.21. The van der Waals surface area contributed by atoms with Gasteiger partial charge >= 0.3 is 0 Å². The highest BCUT2D eigenvalue weighted by atomic mass is 19.1. The molecule has 1 fully saturated rings. The number of piperazine rings is 1. The molecule has 0 aliphatic carbocycles. The maximum absolute atomic E-state index is 12.9. The van der Waals surface area contributed by atoms with Crippen molar-refractivity contribution in [2.75, 3.05) is 38.0 Å². The molecule has 0 atom stereocenters. The standard InChI is InChI=1S/C23H26FN3O2/c1-17-3-4-19(18(2)15-17)5-10-23(29)27-13-11-26(12-14-27)16-22(28)25-21-8-6-20(24)7-9-21/h3-10,15H,11-14,16H2,1-2H3,(H,25,28). The van der Waals surface area contributed by atoms with Crippen LogP contribution in [0.2, 0.25) is 0 Å². The minimum absolute atomic E-state index is 0.0135. The number of amides is 2. The molecular formula is C23H26FN3O2. The predicted molar refractivity (Wildman–Crippen MR) is 113 cm³/mol. The second kappa shape index (κ2) is 9.47. The first-order valence-electron chi connectivity index (χ1n) is 9.73. The fraction of sp³-hybridized carbons (Fsp3) is 0.304. The number of benzene rings is 2. The van der Waals surface area contributed by atoms with Crippen LogP contribution >= 0.6 is 0 Å². The Labute approximate surface area is 170 Å². The van der Waals surface area contributed by atoms with Gasteiger partial charge in [0.05, 0.1) is 6.54 Å². The summed E-state index contributed by atoms with van der Waals surface area (Å²) >= 11 is 0. The maximum Gasteiger partial charge on any atom is 0.246 e. The van der Waals surface area contributed by atoms with Gasteiger partial charge < -0.3 is 10.2 Å². The summed E-state index contributed by atoms with van der Waals surface area (Å²) < 4.78 is 12.9. The molecule has 0 bridgehead atoms. The van der Waals surface area contributed by atoms with Crippen molar-refractivity contribution in [3.8, 4) is 0 Å². The van der Waals surface area contributed by atoms with Crippen molar-refractivity contribution in [3.63, 3.8) is 0 Å². The Kier molecular flexibility index (Phi) is 6.77. The van der Waals surface area contributed by atoms with Gasteiger partial charge in [-0.2, -0.15) is 0 Å². The van der Waals surface area contributed by atoms with E-state index in [2.05, 4.69) is 11.4 Å². The molecule has 6 heteroatoms. The molecule has 1 aliphatic rings. The fourth-order valence-corrected chi connectivity index (χ4v) is 3.34. The molecule has 0 saturated carbocycles. The van der Waals surface area contributed by atoms with E-state index in [1.54, 1.807) is 11.0 Å². The summed E-state index contributed by atoms with van der Waals surface area (Å²) in [4.78, 5) is 28.4. The van der Waals surface area contributed by atoms with Gasteiger partial charge in [-0.15, -0.1) is 0 Å².